The summed E-state index contributed by atoms with van der Waals surface area (Å²) in [6.07, 6.45) is -4.75. The first-order chi connectivity index (χ1) is 6.47. The minimum absolute atomic E-state index is 0.446. The summed E-state index contributed by atoms with van der Waals surface area (Å²) in [5.41, 5.74) is 0.446. The molecule has 0 spiro atoms. The molecule has 2 nitrogen and oxygen atoms in total. The van der Waals surface area contributed by atoms with Gasteiger partial charge in [0.25, 0.3) is 5.17 Å². The lowest BCUT2D eigenvalue weighted by Gasteiger charge is -2.10. The number of ether oxygens (including phenoxy) is 1. The van der Waals surface area contributed by atoms with Crippen LogP contribution in [0.25, 0.3) is 0 Å². The molecule has 0 aliphatic carbocycles. The van der Waals surface area contributed by atoms with E-state index in [1.807, 2.05) is 0 Å². The zero-order chi connectivity index (χ0) is 10.6. The number of anilines is 1. The number of halogens is 3. The van der Waals surface area contributed by atoms with E-state index < -0.39 is 11.5 Å². The van der Waals surface area contributed by atoms with Crippen molar-refractivity contribution in [3.05, 3.63) is 30.3 Å². The van der Waals surface area contributed by atoms with E-state index in [4.69, 9.17) is 0 Å². The summed E-state index contributed by atoms with van der Waals surface area (Å²) in [7, 11) is 0. The van der Waals surface area contributed by atoms with E-state index >= 15 is 0 Å². The molecule has 0 amide bonds. The fraction of sp³-hybridized carbons (Fsp3) is 0.125. The predicted molar refractivity (Wildman–Crippen MR) is 49.8 cm³/mol. The second-order valence-electron chi connectivity index (χ2n) is 2.33. The van der Waals surface area contributed by atoms with Crippen molar-refractivity contribution < 1.29 is 17.9 Å². The van der Waals surface area contributed by atoms with Gasteiger partial charge in [0.05, 0.1) is 0 Å². The van der Waals surface area contributed by atoms with Crippen molar-refractivity contribution >= 4 is 23.1 Å². The molecule has 1 aromatic rings. The summed E-state index contributed by atoms with van der Waals surface area (Å²) in [6.45, 7) is 0. The minimum atomic E-state index is -4.75. The Kier molecular flexibility index (Phi) is 3.29. The van der Waals surface area contributed by atoms with Crippen LogP contribution in [0.4, 0.5) is 18.9 Å². The Hall–Kier alpha value is -1.30. The van der Waals surface area contributed by atoms with Crippen LogP contribution in [0.3, 0.4) is 0 Å². The van der Waals surface area contributed by atoms with Gasteiger partial charge in [-0.25, -0.2) is 0 Å². The van der Waals surface area contributed by atoms with Crippen LogP contribution in [0, 0.1) is 0 Å². The molecule has 76 valence electrons. The first-order valence-corrected chi connectivity index (χ1v) is 4.00. The first kappa shape index (κ1) is 10.8. The molecule has 0 saturated heterocycles. The molecule has 1 N–H and O–H groups in total. The molecular formula is C8H6F3NOS. The highest BCUT2D eigenvalue weighted by molar-refractivity contribution is 7.80. The van der Waals surface area contributed by atoms with Gasteiger partial charge in [-0.1, -0.05) is 18.2 Å². The molecule has 0 heterocycles. The number of hydrogen-bond acceptors (Lipinski definition) is 2. The van der Waals surface area contributed by atoms with Crippen molar-refractivity contribution in [1.82, 2.24) is 0 Å². The smallest absolute Gasteiger partial charge is 0.379 e. The fourth-order valence-electron chi connectivity index (χ4n) is 0.770. The molecule has 0 fully saturated rings. The van der Waals surface area contributed by atoms with Crippen molar-refractivity contribution in [2.45, 2.75) is 6.36 Å². The van der Waals surface area contributed by atoms with Gasteiger partial charge in [0.2, 0.25) is 0 Å². The van der Waals surface area contributed by atoms with E-state index in [1.165, 1.54) is 0 Å². The number of benzene rings is 1. The quantitative estimate of drug-likeness (QED) is 0.737. The number of alkyl halides is 3. The first-order valence-electron chi connectivity index (χ1n) is 3.59. The third-order valence-electron chi connectivity index (χ3n) is 1.23. The zero-order valence-electron chi connectivity index (χ0n) is 6.84. The lowest BCUT2D eigenvalue weighted by Crippen LogP contribution is -2.23. The number of hydrogen-bond donors (Lipinski definition) is 1. The second kappa shape index (κ2) is 4.28. The van der Waals surface area contributed by atoms with Gasteiger partial charge in [-0.3, -0.25) is 0 Å². The predicted octanol–water partition coefficient (Wildman–Crippen LogP) is 2.92. The third-order valence-corrected chi connectivity index (χ3v) is 1.41. The molecule has 14 heavy (non-hydrogen) atoms. The van der Waals surface area contributed by atoms with Gasteiger partial charge < -0.3 is 10.1 Å². The molecular weight excluding hydrogens is 215 g/mol. The van der Waals surface area contributed by atoms with E-state index in [-0.39, 0.29) is 0 Å². The van der Waals surface area contributed by atoms with Crippen molar-refractivity contribution in [1.29, 1.82) is 0 Å². The topological polar surface area (TPSA) is 21.3 Å². The van der Waals surface area contributed by atoms with Gasteiger partial charge in [0.1, 0.15) is 0 Å². The van der Waals surface area contributed by atoms with E-state index in [2.05, 4.69) is 22.3 Å². The largest absolute Gasteiger partial charge is 0.574 e. The van der Waals surface area contributed by atoms with Gasteiger partial charge in [0, 0.05) is 5.69 Å². The van der Waals surface area contributed by atoms with Crippen LogP contribution in [0.5, 0.6) is 0 Å². The van der Waals surface area contributed by atoms with Crippen LogP contribution in [0.1, 0.15) is 0 Å². The van der Waals surface area contributed by atoms with Crippen LogP contribution in [-0.2, 0) is 4.74 Å². The molecule has 0 aliphatic rings. The van der Waals surface area contributed by atoms with Crippen molar-refractivity contribution in [3.63, 3.8) is 0 Å². The molecule has 0 aromatic heterocycles. The number of nitrogens with one attached hydrogen (secondary N) is 1. The molecule has 1 rings (SSSR count). The summed E-state index contributed by atoms with van der Waals surface area (Å²) in [5.74, 6) is 0. The maximum atomic E-state index is 11.7. The maximum Gasteiger partial charge on any atom is 0.574 e. The minimum Gasteiger partial charge on any atom is -0.379 e. The Labute approximate surface area is 83.7 Å². The standard InChI is InChI=1S/C8H6F3NOS/c9-8(10,11)13-7(14)12-6-4-2-1-3-5-6/h1-5H,(H,12,14). The third kappa shape index (κ3) is 4.08. The lowest BCUT2D eigenvalue weighted by atomic mass is 10.3. The monoisotopic (exact) mass is 221 g/mol. The Balaban J connectivity index is 2.50. The second-order valence-corrected chi connectivity index (χ2v) is 2.70. The fourth-order valence-corrected chi connectivity index (χ4v) is 0.982. The van der Waals surface area contributed by atoms with E-state index in [1.54, 1.807) is 30.3 Å². The summed E-state index contributed by atoms with van der Waals surface area (Å²) < 4.78 is 38.4. The molecule has 0 bridgehead atoms. The van der Waals surface area contributed by atoms with Gasteiger partial charge in [-0.15, -0.1) is 13.2 Å². The average molecular weight is 221 g/mol. The molecule has 0 unspecified atom stereocenters. The highest BCUT2D eigenvalue weighted by Gasteiger charge is 2.32. The number of thiocarbonyl (C=S) groups is 1. The Bertz CT molecular complexity index is 312. The SMILES string of the molecule is FC(F)(F)OC(=S)Nc1ccccc1. The van der Waals surface area contributed by atoms with Gasteiger partial charge in [0.15, 0.2) is 0 Å². The van der Waals surface area contributed by atoms with Crippen molar-refractivity contribution in [3.8, 4) is 0 Å². The van der Waals surface area contributed by atoms with Crippen LogP contribution in [0.15, 0.2) is 30.3 Å². The van der Waals surface area contributed by atoms with Crippen LogP contribution >= 0.6 is 12.2 Å². The van der Waals surface area contributed by atoms with E-state index in [9.17, 15) is 13.2 Å². The average Bonchev–Trinajstić information content (AvgIpc) is 2.02. The van der Waals surface area contributed by atoms with Gasteiger partial charge >= 0.3 is 6.36 Å². The van der Waals surface area contributed by atoms with Gasteiger partial charge in [-0.2, -0.15) is 0 Å². The number of rotatable bonds is 1. The van der Waals surface area contributed by atoms with Crippen LogP contribution < -0.4 is 5.32 Å². The van der Waals surface area contributed by atoms with Crippen LogP contribution in [-0.4, -0.2) is 11.5 Å². The highest BCUT2D eigenvalue weighted by atomic mass is 32.1. The Morgan fingerprint density at radius 2 is 1.79 bits per heavy atom. The molecule has 0 aliphatic heterocycles. The normalized spacial score (nSPS) is 10.8. The molecule has 0 radical (unpaired) electrons. The van der Waals surface area contributed by atoms with E-state index in [0.29, 0.717) is 5.69 Å². The lowest BCUT2D eigenvalue weighted by molar-refractivity contribution is -0.282. The zero-order valence-corrected chi connectivity index (χ0v) is 7.65. The summed E-state index contributed by atoms with van der Waals surface area (Å²) in [6, 6.07) is 8.22. The summed E-state index contributed by atoms with van der Waals surface area (Å²) >= 11 is 4.33. The summed E-state index contributed by atoms with van der Waals surface area (Å²) in [5, 5.41) is 1.57. The highest BCUT2D eigenvalue weighted by Crippen LogP contribution is 2.17. The van der Waals surface area contributed by atoms with Crippen molar-refractivity contribution in [2.24, 2.45) is 0 Å². The van der Waals surface area contributed by atoms with Gasteiger partial charge in [-0.05, 0) is 24.4 Å². The molecule has 0 saturated carbocycles. The molecule has 6 heteroatoms. The van der Waals surface area contributed by atoms with Crippen molar-refractivity contribution in [2.75, 3.05) is 5.32 Å². The molecule has 1 aromatic carbocycles. The Morgan fingerprint density at radius 3 is 2.29 bits per heavy atom. The van der Waals surface area contributed by atoms with E-state index in [0.717, 1.165) is 0 Å². The maximum absolute atomic E-state index is 11.7. The Morgan fingerprint density at radius 1 is 1.21 bits per heavy atom. The summed E-state index contributed by atoms with van der Waals surface area (Å²) in [4.78, 5) is 0. The van der Waals surface area contributed by atoms with Crippen LogP contribution in [0.2, 0.25) is 0 Å². The number of para-hydroxylation sites is 1. The molecule has 0 atom stereocenters.